The summed E-state index contributed by atoms with van der Waals surface area (Å²) in [4.78, 5) is 22.1. The maximum Gasteiger partial charge on any atom is 0.256 e. The van der Waals surface area contributed by atoms with E-state index in [2.05, 4.69) is 25.3 Å². The summed E-state index contributed by atoms with van der Waals surface area (Å²) in [7, 11) is 1.72. The molecule has 1 aromatic carbocycles. The lowest BCUT2D eigenvalue weighted by Gasteiger charge is -2.15. The molecule has 1 amide bonds. The molecule has 4 aromatic rings. The van der Waals surface area contributed by atoms with E-state index in [9.17, 15) is 13.6 Å². The first-order chi connectivity index (χ1) is 13.9. The quantitative estimate of drug-likeness (QED) is 0.478. The number of nitrogens with zero attached hydrogens (tertiary/aromatic N) is 6. The molecule has 0 radical (unpaired) electrons. The number of amides is 1. The summed E-state index contributed by atoms with van der Waals surface area (Å²) in [5.41, 5.74) is 6.57. The minimum Gasteiger partial charge on any atom is -0.368 e. The van der Waals surface area contributed by atoms with Gasteiger partial charge in [-0.1, -0.05) is 0 Å². The molecule has 29 heavy (non-hydrogen) atoms. The Hall–Kier alpha value is -3.63. The van der Waals surface area contributed by atoms with Crippen LogP contribution in [0.1, 0.15) is 29.0 Å². The monoisotopic (exact) mass is 400 g/mol. The van der Waals surface area contributed by atoms with Gasteiger partial charge in [0.05, 0.1) is 17.1 Å². The molecule has 0 spiro atoms. The third kappa shape index (κ3) is 3.58. The van der Waals surface area contributed by atoms with E-state index in [-0.39, 0.29) is 28.4 Å². The number of fused-ring (bicyclic) bond motifs is 3. The van der Waals surface area contributed by atoms with Crippen LogP contribution in [0.25, 0.3) is 16.6 Å². The Morgan fingerprint density at radius 2 is 2.10 bits per heavy atom. The molecule has 0 bridgehead atoms. The molecule has 0 aliphatic rings. The van der Waals surface area contributed by atoms with Gasteiger partial charge in [0, 0.05) is 32.3 Å². The predicted octanol–water partition coefficient (Wildman–Crippen LogP) is 1.96. The first-order valence-electron chi connectivity index (χ1n) is 8.98. The van der Waals surface area contributed by atoms with Crippen LogP contribution in [0, 0.1) is 11.6 Å². The summed E-state index contributed by atoms with van der Waals surface area (Å²) in [6.45, 7) is 0.556. The lowest BCUT2D eigenvalue weighted by atomic mass is 10.2. The molecule has 3 heterocycles. The molecule has 0 atom stereocenters. The lowest BCUT2D eigenvalue weighted by Crippen LogP contribution is -2.27. The van der Waals surface area contributed by atoms with Crippen LogP contribution in [0.15, 0.2) is 24.5 Å². The van der Waals surface area contributed by atoms with Crippen LogP contribution in [0.4, 0.5) is 14.7 Å². The Morgan fingerprint density at radius 1 is 1.28 bits per heavy atom. The van der Waals surface area contributed by atoms with Gasteiger partial charge in [-0.2, -0.15) is 9.61 Å². The minimum absolute atomic E-state index is 0.0257. The molecule has 0 fully saturated rings. The van der Waals surface area contributed by atoms with Crippen molar-refractivity contribution in [3.8, 4) is 0 Å². The highest BCUT2D eigenvalue weighted by atomic mass is 19.1. The molecule has 3 N–H and O–H groups in total. The molecular weight excluding hydrogens is 382 g/mol. The van der Waals surface area contributed by atoms with Crippen molar-refractivity contribution in [1.29, 1.82) is 0 Å². The van der Waals surface area contributed by atoms with Crippen LogP contribution in [0.5, 0.6) is 0 Å². The van der Waals surface area contributed by atoms with Crippen molar-refractivity contribution >= 4 is 28.4 Å². The molecule has 150 valence electrons. The number of aromatic nitrogens is 6. The Bertz CT molecular complexity index is 1190. The zero-order chi connectivity index (χ0) is 20.5. The number of H-pyrrole nitrogens is 1. The molecule has 3 aromatic heterocycles. The number of hydrogen-bond donors (Lipinski definition) is 2. The standard InChI is InChI=1S/C18H18F2N8O/c1-27(17(29)10-8-22-23-9-10)5-3-2-4-14-24-16-12-6-11(19)7-13(20)15(12)25-18(21)28(16)26-14/h6-9H,2-5H2,1H3,(H2,21,25)(H,22,23). The highest BCUT2D eigenvalue weighted by molar-refractivity contribution is 5.93. The average molecular weight is 400 g/mol. The maximum absolute atomic E-state index is 14.0. The molecule has 4 rings (SSSR count). The van der Waals surface area contributed by atoms with Crippen LogP contribution in [-0.2, 0) is 6.42 Å². The van der Waals surface area contributed by atoms with Gasteiger partial charge in [-0.15, -0.1) is 5.10 Å². The van der Waals surface area contributed by atoms with E-state index in [1.165, 1.54) is 10.7 Å². The van der Waals surface area contributed by atoms with Crippen molar-refractivity contribution in [3.63, 3.8) is 0 Å². The van der Waals surface area contributed by atoms with Gasteiger partial charge in [0.1, 0.15) is 11.3 Å². The first-order valence-corrected chi connectivity index (χ1v) is 8.98. The molecule has 0 aliphatic carbocycles. The van der Waals surface area contributed by atoms with E-state index in [0.29, 0.717) is 30.8 Å². The summed E-state index contributed by atoms with van der Waals surface area (Å²) in [5.74, 6) is -1.18. The summed E-state index contributed by atoms with van der Waals surface area (Å²) in [6.07, 6.45) is 5.00. The number of unbranched alkanes of at least 4 members (excludes halogenated alkanes) is 1. The first kappa shape index (κ1) is 18.7. The Balaban J connectivity index is 1.46. The smallest absolute Gasteiger partial charge is 0.256 e. The van der Waals surface area contributed by atoms with Crippen molar-refractivity contribution in [1.82, 2.24) is 34.7 Å². The molecule has 11 heteroatoms. The fraction of sp³-hybridized carbons (Fsp3) is 0.278. The van der Waals surface area contributed by atoms with E-state index >= 15 is 0 Å². The number of nitrogens with two attached hydrogens (primary N) is 1. The van der Waals surface area contributed by atoms with Crippen molar-refractivity contribution in [2.75, 3.05) is 19.3 Å². The maximum atomic E-state index is 14.0. The largest absolute Gasteiger partial charge is 0.368 e. The molecule has 0 unspecified atom stereocenters. The number of carbonyl (C=O) groups excluding carboxylic acids is 1. The number of aryl methyl sites for hydroxylation is 1. The number of halogens is 2. The van der Waals surface area contributed by atoms with E-state index in [1.54, 1.807) is 18.1 Å². The Labute approximate surface area is 163 Å². The Morgan fingerprint density at radius 3 is 2.86 bits per heavy atom. The van der Waals surface area contributed by atoms with Crippen molar-refractivity contribution in [2.45, 2.75) is 19.3 Å². The topological polar surface area (TPSA) is 118 Å². The SMILES string of the molecule is CN(CCCCc1nc2c3cc(F)cc(F)c3nc(N)n2n1)C(=O)c1cn[nH]c1. The zero-order valence-electron chi connectivity index (χ0n) is 15.6. The summed E-state index contributed by atoms with van der Waals surface area (Å²) in [5, 5.41) is 10.9. The van der Waals surface area contributed by atoms with Crippen LogP contribution < -0.4 is 5.73 Å². The van der Waals surface area contributed by atoms with Crippen molar-refractivity contribution in [2.24, 2.45) is 0 Å². The number of rotatable bonds is 6. The number of benzene rings is 1. The van der Waals surface area contributed by atoms with E-state index in [0.717, 1.165) is 18.6 Å². The van der Waals surface area contributed by atoms with Gasteiger partial charge < -0.3 is 10.6 Å². The van der Waals surface area contributed by atoms with Gasteiger partial charge >= 0.3 is 0 Å². The van der Waals surface area contributed by atoms with Crippen molar-refractivity contribution < 1.29 is 13.6 Å². The van der Waals surface area contributed by atoms with E-state index in [4.69, 9.17) is 5.73 Å². The highest BCUT2D eigenvalue weighted by Crippen LogP contribution is 2.23. The predicted molar refractivity (Wildman–Crippen MR) is 101 cm³/mol. The fourth-order valence-corrected chi connectivity index (χ4v) is 3.13. The lowest BCUT2D eigenvalue weighted by molar-refractivity contribution is 0.0793. The van der Waals surface area contributed by atoms with Crippen LogP contribution in [0.3, 0.4) is 0 Å². The number of carbonyl (C=O) groups is 1. The summed E-state index contributed by atoms with van der Waals surface area (Å²) in [6, 6.07) is 1.92. The summed E-state index contributed by atoms with van der Waals surface area (Å²) >= 11 is 0. The highest BCUT2D eigenvalue weighted by Gasteiger charge is 2.16. The second kappa shape index (κ2) is 7.41. The molecule has 0 saturated carbocycles. The zero-order valence-corrected chi connectivity index (χ0v) is 15.6. The van der Waals surface area contributed by atoms with Gasteiger partial charge in [-0.05, 0) is 18.9 Å². The second-order valence-electron chi connectivity index (χ2n) is 6.69. The Kier molecular flexibility index (Phi) is 4.79. The van der Waals surface area contributed by atoms with Gasteiger partial charge in [0.15, 0.2) is 17.3 Å². The minimum atomic E-state index is -0.802. The van der Waals surface area contributed by atoms with E-state index in [1.807, 2.05) is 0 Å². The third-order valence-electron chi connectivity index (χ3n) is 4.60. The van der Waals surface area contributed by atoms with Crippen LogP contribution >= 0.6 is 0 Å². The van der Waals surface area contributed by atoms with Gasteiger partial charge in [-0.25, -0.2) is 18.7 Å². The molecule has 0 saturated heterocycles. The van der Waals surface area contributed by atoms with Crippen molar-refractivity contribution in [3.05, 3.63) is 47.5 Å². The number of aromatic amines is 1. The normalized spacial score (nSPS) is 11.4. The van der Waals surface area contributed by atoms with Gasteiger partial charge in [0.2, 0.25) is 5.95 Å². The van der Waals surface area contributed by atoms with E-state index < -0.39 is 11.6 Å². The second-order valence-corrected chi connectivity index (χ2v) is 6.69. The number of nitrogens with one attached hydrogen (secondary N) is 1. The molecule has 9 nitrogen and oxygen atoms in total. The fourth-order valence-electron chi connectivity index (χ4n) is 3.13. The molecule has 0 aliphatic heterocycles. The molecular formula is C18H18F2N8O. The van der Waals surface area contributed by atoms with Crippen LogP contribution in [-0.4, -0.2) is 54.2 Å². The van der Waals surface area contributed by atoms with Gasteiger partial charge in [-0.3, -0.25) is 9.89 Å². The summed E-state index contributed by atoms with van der Waals surface area (Å²) < 4.78 is 28.9. The number of nitrogen functional groups attached to an aromatic ring is 1. The number of hydrogen-bond acceptors (Lipinski definition) is 6. The third-order valence-corrected chi connectivity index (χ3v) is 4.60. The average Bonchev–Trinajstić information content (AvgIpc) is 3.36. The van der Waals surface area contributed by atoms with Gasteiger partial charge in [0.25, 0.3) is 5.91 Å². The number of anilines is 1. The van der Waals surface area contributed by atoms with Crippen LogP contribution in [0.2, 0.25) is 0 Å².